The van der Waals surface area contributed by atoms with Gasteiger partial charge >= 0.3 is 11.8 Å². The second-order valence-electron chi connectivity index (χ2n) is 6.49. The van der Waals surface area contributed by atoms with Crippen LogP contribution >= 0.6 is 0 Å². The fourth-order valence-electron chi connectivity index (χ4n) is 3.38. The third kappa shape index (κ3) is 2.25. The number of carboxylic acid groups (broad SMARTS) is 1. The molecule has 28 heavy (non-hydrogen) atoms. The van der Waals surface area contributed by atoms with Crippen LogP contribution in [0.3, 0.4) is 0 Å². The molecule has 1 fully saturated rings. The number of pyridine rings is 1. The first-order valence-electron chi connectivity index (χ1n) is 8.38. The Balaban J connectivity index is 1.63. The van der Waals surface area contributed by atoms with Gasteiger partial charge in [0, 0.05) is 19.3 Å². The standard InChI is InChI=1S/C17H12N8O3/c18-4-9-1-2-24-13(3-9)11(5-20-24)14-19-6-12-15(22-14)25(16(26)21-12)10-7-23(8-10)17(27)28/h1-3,5-6,10H,7-8H2,(H,21,26)(H,27,28). The summed E-state index contributed by atoms with van der Waals surface area (Å²) in [6.07, 6.45) is 3.78. The summed E-state index contributed by atoms with van der Waals surface area (Å²) in [5.41, 5.74) is 2.29. The van der Waals surface area contributed by atoms with Gasteiger partial charge in [-0.1, -0.05) is 0 Å². The highest BCUT2D eigenvalue weighted by Gasteiger charge is 2.34. The molecule has 0 atom stereocenters. The van der Waals surface area contributed by atoms with Gasteiger partial charge < -0.3 is 15.0 Å². The second kappa shape index (κ2) is 5.65. The van der Waals surface area contributed by atoms with Crippen LogP contribution in [0.15, 0.2) is 35.5 Å². The Hall–Kier alpha value is -4.20. The van der Waals surface area contributed by atoms with Gasteiger partial charge in [0.05, 0.1) is 41.1 Å². The van der Waals surface area contributed by atoms with E-state index in [-0.39, 0.29) is 24.8 Å². The number of aromatic nitrogens is 6. The summed E-state index contributed by atoms with van der Waals surface area (Å²) >= 11 is 0. The summed E-state index contributed by atoms with van der Waals surface area (Å²) in [6, 6.07) is 5.15. The van der Waals surface area contributed by atoms with Crippen molar-refractivity contribution in [3.63, 3.8) is 0 Å². The maximum Gasteiger partial charge on any atom is 0.407 e. The van der Waals surface area contributed by atoms with Crippen LogP contribution in [0.5, 0.6) is 0 Å². The predicted molar refractivity (Wildman–Crippen MR) is 95.7 cm³/mol. The number of imidazole rings is 1. The van der Waals surface area contributed by atoms with Crippen LogP contribution in [0.1, 0.15) is 11.6 Å². The summed E-state index contributed by atoms with van der Waals surface area (Å²) in [5.74, 6) is 0.361. The Morgan fingerprint density at radius 1 is 1.36 bits per heavy atom. The number of likely N-dealkylation sites (tertiary alicyclic amines) is 1. The third-order valence-electron chi connectivity index (χ3n) is 4.85. The number of carbonyl (C=O) groups is 1. The van der Waals surface area contributed by atoms with Crippen molar-refractivity contribution < 1.29 is 9.90 Å². The molecule has 1 aliphatic heterocycles. The third-order valence-corrected chi connectivity index (χ3v) is 4.85. The number of fused-ring (bicyclic) bond motifs is 2. The van der Waals surface area contributed by atoms with Gasteiger partial charge in [-0.15, -0.1) is 0 Å². The number of hydrogen-bond acceptors (Lipinski definition) is 6. The van der Waals surface area contributed by atoms with Crippen LogP contribution < -0.4 is 5.69 Å². The lowest BCUT2D eigenvalue weighted by Crippen LogP contribution is -2.52. The number of nitrogens with one attached hydrogen (secondary N) is 1. The average molecular weight is 376 g/mol. The lowest BCUT2D eigenvalue weighted by atomic mass is 10.1. The van der Waals surface area contributed by atoms with Gasteiger partial charge in [0.15, 0.2) is 11.5 Å². The van der Waals surface area contributed by atoms with Crippen molar-refractivity contribution in [1.29, 1.82) is 5.26 Å². The number of rotatable bonds is 2. The summed E-state index contributed by atoms with van der Waals surface area (Å²) in [6.45, 7) is 0.452. The van der Waals surface area contributed by atoms with Crippen molar-refractivity contribution in [1.82, 2.24) is 34.0 Å². The van der Waals surface area contributed by atoms with E-state index in [1.807, 2.05) is 0 Å². The van der Waals surface area contributed by atoms with Crippen LogP contribution in [-0.4, -0.2) is 58.3 Å². The van der Waals surface area contributed by atoms with Crippen LogP contribution in [0.4, 0.5) is 4.79 Å². The molecule has 11 nitrogen and oxygen atoms in total. The minimum Gasteiger partial charge on any atom is -0.465 e. The first-order valence-corrected chi connectivity index (χ1v) is 8.38. The molecule has 5 rings (SSSR count). The Morgan fingerprint density at radius 3 is 2.93 bits per heavy atom. The van der Waals surface area contributed by atoms with E-state index < -0.39 is 6.09 Å². The van der Waals surface area contributed by atoms with Crippen molar-refractivity contribution in [2.45, 2.75) is 6.04 Å². The molecule has 5 heterocycles. The summed E-state index contributed by atoms with van der Waals surface area (Å²) in [7, 11) is 0. The van der Waals surface area contributed by atoms with Gasteiger partial charge in [0.2, 0.25) is 0 Å². The van der Waals surface area contributed by atoms with E-state index in [2.05, 4.69) is 26.1 Å². The molecule has 0 spiro atoms. The van der Waals surface area contributed by atoms with Gasteiger partial charge in [-0.2, -0.15) is 10.4 Å². The first-order chi connectivity index (χ1) is 13.5. The van der Waals surface area contributed by atoms with Gasteiger partial charge in [-0.25, -0.2) is 24.1 Å². The molecule has 0 bridgehead atoms. The van der Waals surface area contributed by atoms with E-state index in [4.69, 9.17) is 10.4 Å². The van der Waals surface area contributed by atoms with Gasteiger partial charge in [0.1, 0.15) is 5.52 Å². The summed E-state index contributed by atoms with van der Waals surface area (Å²) in [4.78, 5) is 36.2. The highest BCUT2D eigenvalue weighted by atomic mass is 16.4. The van der Waals surface area contributed by atoms with E-state index in [1.165, 1.54) is 15.7 Å². The van der Waals surface area contributed by atoms with Gasteiger partial charge in [-0.3, -0.25) is 4.57 Å². The van der Waals surface area contributed by atoms with Gasteiger partial charge in [0.25, 0.3) is 0 Å². The lowest BCUT2D eigenvalue weighted by Gasteiger charge is -2.37. The van der Waals surface area contributed by atoms with E-state index in [0.29, 0.717) is 33.6 Å². The van der Waals surface area contributed by atoms with E-state index in [0.717, 1.165) is 0 Å². The zero-order chi connectivity index (χ0) is 19.4. The number of H-pyrrole nitrogens is 1. The lowest BCUT2D eigenvalue weighted by molar-refractivity contribution is 0.0857. The maximum atomic E-state index is 12.4. The van der Waals surface area contributed by atoms with Crippen LogP contribution in [0.25, 0.3) is 28.1 Å². The first kappa shape index (κ1) is 16.0. The SMILES string of the molecule is N#Cc1ccn2ncc(-c3ncc4[nH]c(=O)n(C5CN(C(=O)O)C5)c4n3)c2c1. The number of amides is 1. The number of nitrogens with zero attached hydrogens (tertiary/aromatic N) is 7. The molecule has 1 saturated heterocycles. The molecule has 1 amide bonds. The minimum atomic E-state index is -1.01. The highest BCUT2D eigenvalue weighted by molar-refractivity contribution is 5.80. The molecule has 2 N–H and O–H groups in total. The summed E-state index contributed by atoms with van der Waals surface area (Å²) < 4.78 is 3.08. The van der Waals surface area contributed by atoms with Crippen molar-refractivity contribution >= 4 is 22.8 Å². The molecule has 11 heteroatoms. The monoisotopic (exact) mass is 376 g/mol. The Morgan fingerprint density at radius 2 is 2.18 bits per heavy atom. The van der Waals surface area contributed by atoms with Crippen molar-refractivity contribution in [3.05, 3.63) is 46.8 Å². The van der Waals surface area contributed by atoms with Crippen molar-refractivity contribution in [2.24, 2.45) is 0 Å². The number of hydrogen-bond donors (Lipinski definition) is 2. The minimum absolute atomic E-state index is 0.226. The molecular weight excluding hydrogens is 364 g/mol. The van der Waals surface area contributed by atoms with E-state index in [9.17, 15) is 9.59 Å². The Bertz CT molecular complexity index is 1350. The smallest absolute Gasteiger partial charge is 0.407 e. The number of aromatic amines is 1. The van der Waals surface area contributed by atoms with Crippen molar-refractivity contribution in [3.8, 4) is 17.5 Å². The van der Waals surface area contributed by atoms with Crippen molar-refractivity contribution in [2.75, 3.05) is 13.1 Å². The molecule has 0 radical (unpaired) electrons. The molecule has 0 saturated carbocycles. The molecule has 0 unspecified atom stereocenters. The fraction of sp³-hybridized carbons (Fsp3) is 0.176. The molecule has 1 aliphatic rings. The topological polar surface area (TPSA) is 145 Å². The van der Waals surface area contributed by atoms with E-state index in [1.54, 1.807) is 29.0 Å². The highest BCUT2D eigenvalue weighted by Crippen LogP contribution is 2.26. The van der Waals surface area contributed by atoms with Gasteiger partial charge in [-0.05, 0) is 12.1 Å². The van der Waals surface area contributed by atoms with Crippen LogP contribution in [0, 0.1) is 11.3 Å². The molecular formula is C17H12N8O3. The Kier molecular flexibility index (Phi) is 3.23. The normalized spacial score (nSPS) is 14.3. The molecule has 138 valence electrons. The molecule has 0 aliphatic carbocycles. The van der Waals surface area contributed by atoms with E-state index >= 15 is 0 Å². The largest absolute Gasteiger partial charge is 0.465 e. The summed E-state index contributed by atoms with van der Waals surface area (Å²) in [5, 5.41) is 22.4. The predicted octanol–water partition coefficient (Wildman–Crippen LogP) is 0.841. The second-order valence-corrected chi connectivity index (χ2v) is 6.49. The van der Waals surface area contributed by atoms with Crippen LogP contribution in [0.2, 0.25) is 0 Å². The fourth-order valence-corrected chi connectivity index (χ4v) is 3.38. The maximum absolute atomic E-state index is 12.4. The average Bonchev–Trinajstić information content (AvgIpc) is 3.20. The zero-order valence-corrected chi connectivity index (χ0v) is 14.3. The zero-order valence-electron chi connectivity index (χ0n) is 14.3. The number of nitriles is 1. The Labute approximate surface area is 156 Å². The molecule has 4 aromatic rings. The molecule has 0 aromatic carbocycles. The quantitative estimate of drug-likeness (QED) is 0.527. The van der Waals surface area contributed by atoms with Crippen LogP contribution in [-0.2, 0) is 0 Å². The molecule has 4 aromatic heterocycles.